The van der Waals surface area contributed by atoms with E-state index in [1.165, 1.54) is 25.7 Å². The van der Waals surface area contributed by atoms with Gasteiger partial charge in [-0.05, 0) is 70.2 Å². The molecule has 0 aliphatic carbocycles. The van der Waals surface area contributed by atoms with Gasteiger partial charge in [0, 0.05) is 51.0 Å². The first-order chi connectivity index (χ1) is 17.5. The van der Waals surface area contributed by atoms with Crippen LogP contribution in [0.5, 0.6) is 0 Å². The van der Waals surface area contributed by atoms with Gasteiger partial charge in [-0.15, -0.1) is 0 Å². The third-order valence-electron chi connectivity index (χ3n) is 7.89. The van der Waals surface area contributed by atoms with Crippen molar-refractivity contribution >= 4 is 21.8 Å². The second kappa shape index (κ2) is 11.4. The summed E-state index contributed by atoms with van der Waals surface area (Å²) in [7, 11) is -3.46. The summed E-state index contributed by atoms with van der Waals surface area (Å²) in [5, 5.41) is 3.60. The maximum atomic E-state index is 13.3. The number of nitrogens with one attached hydrogen (secondary N) is 1. The van der Waals surface area contributed by atoms with Crippen molar-refractivity contribution in [2.24, 2.45) is 0 Å². The van der Waals surface area contributed by atoms with Crippen LogP contribution in [0.2, 0.25) is 0 Å². The van der Waals surface area contributed by atoms with E-state index < -0.39 is 10.0 Å². The molecule has 196 valence electrons. The molecule has 3 aliphatic rings. The molecule has 0 bridgehead atoms. The minimum atomic E-state index is -3.46. The number of aryl methyl sites for hydroxylation is 1. The maximum Gasteiger partial charge on any atom is 0.243 e. The molecule has 1 aromatic heterocycles. The first-order valence-corrected chi connectivity index (χ1v) is 15.1. The molecule has 3 fully saturated rings. The summed E-state index contributed by atoms with van der Waals surface area (Å²) < 4.78 is 28.3. The van der Waals surface area contributed by atoms with Crippen molar-refractivity contribution in [3.63, 3.8) is 0 Å². The van der Waals surface area contributed by atoms with Crippen LogP contribution < -0.4 is 10.2 Å². The van der Waals surface area contributed by atoms with Gasteiger partial charge in [-0.2, -0.15) is 9.29 Å². The van der Waals surface area contributed by atoms with Gasteiger partial charge in [-0.1, -0.05) is 30.5 Å². The van der Waals surface area contributed by atoms with E-state index >= 15 is 0 Å². The van der Waals surface area contributed by atoms with Crippen molar-refractivity contribution in [1.29, 1.82) is 0 Å². The minimum absolute atomic E-state index is 0.243. The Balaban J connectivity index is 1.21. The molecule has 3 aliphatic heterocycles. The lowest BCUT2D eigenvalue weighted by Gasteiger charge is -2.42. The van der Waals surface area contributed by atoms with Gasteiger partial charge < -0.3 is 10.2 Å². The molecule has 5 rings (SSSR count). The number of sulfonamides is 1. The first-order valence-electron chi connectivity index (χ1n) is 13.6. The number of likely N-dealkylation sites (tertiary alicyclic amines) is 1. The average molecular weight is 513 g/mol. The molecule has 2 aromatic rings. The monoisotopic (exact) mass is 512 g/mol. The summed E-state index contributed by atoms with van der Waals surface area (Å²) >= 11 is 0. The van der Waals surface area contributed by atoms with Crippen LogP contribution in [0.4, 0.5) is 11.8 Å². The number of benzene rings is 1. The third kappa shape index (κ3) is 6.01. The van der Waals surface area contributed by atoms with E-state index in [4.69, 9.17) is 4.98 Å². The lowest BCUT2D eigenvalue weighted by atomic mass is 9.99. The van der Waals surface area contributed by atoms with E-state index in [1.54, 1.807) is 16.4 Å². The number of aromatic nitrogens is 2. The quantitative estimate of drug-likeness (QED) is 0.629. The lowest BCUT2D eigenvalue weighted by molar-refractivity contribution is 0.108. The number of nitrogens with zero attached hydrogens (tertiary/aromatic N) is 5. The summed E-state index contributed by atoms with van der Waals surface area (Å²) in [5.41, 5.74) is 1.07. The number of hydrogen-bond donors (Lipinski definition) is 1. The molecule has 36 heavy (non-hydrogen) atoms. The molecular weight excluding hydrogens is 472 g/mol. The number of anilines is 2. The average Bonchev–Trinajstić information content (AvgIpc) is 3.19. The molecule has 3 saturated heterocycles. The molecule has 9 heteroatoms. The largest absolute Gasteiger partial charge is 0.356 e. The molecule has 0 spiro atoms. The highest BCUT2D eigenvalue weighted by Gasteiger charge is 2.34. The summed E-state index contributed by atoms with van der Waals surface area (Å²) in [5.74, 6) is 1.72. The Labute approximate surface area is 216 Å². The minimum Gasteiger partial charge on any atom is -0.356 e. The van der Waals surface area contributed by atoms with E-state index in [-0.39, 0.29) is 12.1 Å². The Bertz CT molecular complexity index is 1100. The molecule has 4 heterocycles. The highest BCUT2D eigenvalue weighted by atomic mass is 32.2. The second-order valence-electron chi connectivity index (χ2n) is 10.6. The number of rotatable bonds is 6. The van der Waals surface area contributed by atoms with E-state index in [2.05, 4.69) is 20.1 Å². The van der Waals surface area contributed by atoms with Crippen molar-refractivity contribution in [2.75, 3.05) is 49.5 Å². The van der Waals surface area contributed by atoms with Gasteiger partial charge in [0.2, 0.25) is 16.0 Å². The van der Waals surface area contributed by atoms with Crippen LogP contribution in [0.1, 0.15) is 56.9 Å². The van der Waals surface area contributed by atoms with E-state index in [9.17, 15) is 8.42 Å². The van der Waals surface area contributed by atoms with E-state index in [1.807, 2.05) is 31.3 Å². The predicted molar refractivity (Wildman–Crippen MR) is 144 cm³/mol. The topological polar surface area (TPSA) is 81.7 Å². The van der Waals surface area contributed by atoms with Gasteiger partial charge in [-0.25, -0.2) is 13.4 Å². The Morgan fingerprint density at radius 1 is 0.861 bits per heavy atom. The fraction of sp³-hybridized carbons (Fsp3) is 0.630. The van der Waals surface area contributed by atoms with Crippen LogP contribution in [0.3, 0.4) is 0 Å². The smallest absolute Gasteiger partial charge is 0.243 e. The van der Waals surface area contributed by atoms with Gasteiger partial charge in [0.25, 0.3) is 0 Å². The SMILES string of the molecule is Cc1ccc(S(=O)(=O)N2CCCC(N3CCCC(Nc4nccc(N5CCCCCC5)n4)C3)C2)cc1. The summed E-state index contributed by atoms with van der Waals surface area (Å²) in [6.07, 6.45) is 11.0. The lowest BCUT2D eigenvalue weighted by Crippen LogP contribution is -2.54. The number of hydrogen-bond acceptors (Lipinski definition) is 7. The van der Waals surface area contributed by atoms with Gasteiger partial charge in [-0.3, -0.25) is 4.90 Å². The first kappa shape index (κ1) is 25.4. The van der Waals surface area contributed by atoms with Gasteiger partial charge in [0.05, 0.1) is 4.90 Å². The summed E-state index contributed by atoms with van der Waals surface area (Å²) in [6, 6.07) is 9.74. The van der Waals surface area contributed by atoms with Crippen LogP contribution >= 0.6 is 0 Å². The Morgan fingerprint density at radius 2 is 1.61 bits per heavy atom. The molecule has 1 N–H and O–H groups in total. The fourth-order valence-electron chi connectivity index (χ4n) is 5.83. The third-order valence-corrected chi connectivity index (χ3v) is 9.77. The molecule has 8 nitrogen and oxygen atoms in total. The van der Waals surface area contributed by atoms with Crippen molar-refractivity contribution in [1.82, 2.24) is 19.2 Å². The Kier molecular flexibility index (Phi) is 8.08. The highest BCUT2D eigenvalue weighted by molar-refractivity contribution is 7.89. The molecule has 1 aromatic carbocycles. The predicted octanol–water partition coefficient (Wildman–Crippen LogP) is 3.90. The zero-order valence-electron chi connectivity index (χ0n) is 21.5. The van der Waals surface area contributed by atoms with Crippen LogP contribution in [-0.4, -0.2) is 78.9 Å². The van der Waals surface area contributed by atoms with Crippen LogP contribution in [0.15, 0.2) is 41.4 Å². The summed E-state index contributed by atoms with van der Waals surface area (Å²) in [6.45, 7) is 7.17. The van der Waals surface area contributed by atoms with Crippen LogP contribution in [0.25, 0.3) is 0 Å². The molecule has 0 saturated carbocycles. The van der Waals surface area contributed by atoms with Crippen molar-refractivity contribution in [2.45, 2.75) is 75.3 Å². The van der Waals surface area contributed by atoms with Crippen molar-refractivity contribution < 1.29 is 8.42 Å². The van der Waals surface area contributed by atoms with Gasteiger partial charge in [0.1, 0.15) is 5.82 Å². The van der Waals surface area contributed by atoms with E-state index in [0.29, 0.717) is 23.9 Å². The molecule has 2 atom stereocenters. The molecular formula is C27H40N6O2S. The van der Waals surface area contributed by atoms with Crippen molar-refractivity contribution in [3.8, 4) is 0 Å². The Hall–Kier alpha value is -2.23. The summed E-state index contributed by atoms with van der Waals surface area (Å²) in [4.78, 5) is 14.6. The van der Waals surface area contributed by atoms with Crippen LogP contribution in [0, 0.1) is 6.92 Å². The number of piperidine rings is 2. The zero-order valence-corrected chi connectivity index (χ0v) is 22.3. The van der Waals surface area contributed by atoms with Gasteiger partial charge >= 0.3 is 0 Å². The zero-order chi connectivity index (χ0) is 25.0. The molecule has 0 amide bonds. The maximum absolute atomic E-state index is 13.3. The van der Waals surface area contributed by atoms with E-state index in [0.717, 1.165) is 63.2 Å². The fourth-order valence-corrected chi connectivity index (χ4v) is 7.35. The van der Waals surface area contributed by atoms with Gasteiger partial charge in [0.15, 0.2) is 0 Å². The second-order valence-corrected chi connectivity index (χ2v) is 12.5. The Morgan fingerprint density at radius 3 is 2.39 bits per heavy atom. The molecule has 2 unspecified atom stereocenters. The normalized spacial score (nSPS) is 24.9. The van der Waals surface area contributed by atoms with Crippen molar-refractivity contribution in [3.05, 3.63) is 42.1 Å². The standard InChI is InChI=1S/C27H40N6O2S/c1-22-10-12-25(13-11-22)36(34,35)33-19-7-9-24(21-33)32-18-6-8-23(20-32)29-27-28-15-14-26(30-27)31-16-4-2-3-5-17-31/h10-15,23-24H,2-9,16-21H2,1H3,(H,28,29,30). The highest BCUT2D eigenvalue weighted by Crippen LogP contribution is 2.26. The molecule has 0 radical (unpaired) electrons. The van der Waals surface area contributed by atoms with Crippen LogP contribution in [-0.2, 0) is 10.0 Å².